The molecule has 4 heteroatoms. The van der Waals surface area contributed by atoms with E-state index in [1.807, 2.05) is 0 Å². The molecule has 1 aliphatic carbocycles. The molecule has 2 fully saturated rings. The standard InChI is InChI=1S/C12H23NO2S/c1-3-4-11-5-8-13(9-11)16(14,15)10-12(2)6-7-12/h11H,3-10H2,1-2H3. The van der Waals surface area contributed by atoms with Gasteiger partial charge in [-0.05, 0) is 37.0 Å². The van der Waals surface area contributed by atoms with Crippen LogP contribution in [0, 0.1) is 11.3 Å². The summed E-state index contributed by atoms with van der Waals surface area (Å²) in [6.45, 7) is 5.78. The minimum absolute atomic E-state index is 0.0989. The first-order valence-corrected chi connectivity index (χ1v) is 8.04. The summed E-state index contributed by atoms with van der Waals surface area (Å²) in [6.07, 6.45) is 5.56. The molecule has 0 radical (unpaired) electrons. The maximum Gasteiger partial charge on any atom is 0.214 e. The molecule has 2 rings (SSSR count). The normalized spacial score (nSPS) is 29.5. The van der Waals surface area contributed by atoms with E-state index in [4.69, 9.17) is 0 Å². The van der Waals surface area contributed by atoms with Crippen LogP contribution in [-0.2, 0) is 10.0 Å². The van der Waals surface area contributed by atoms with E-state index >= 15 is 0 Å². The van der Waals surface area contributed by atoms with E-state index in [1.165, 1.54) is 6.42 Å². The summed E-state index contributed by atoms with van der Waals surface area (Å²) in [5.41, 5.74) is 0.0989. The van der Waals surface area contributed by atoms with E-state index in [-0.39, 0.29) is 5.41 Å². The van der Waals surface area contributed by atoms with Crippen molar-refractivity contribution in [2.75, 3.05) is 18.8 Å². The molecule has 0 bridgehead atoms. The number of sulfonamides is 1. The Hall–Kier alpha value is -0.0900. The molecule has 0 N–H and O–H groups in total. The lowest BCUT2D eigenvalue weighted by atomic mass is 10.0. The van der Waals surface area contributed by atoms with E-state index in [1.54, 1.807) is 4.31 Å². The molecule has 0 aromatic heterocycles. The van der Waals surface area contributed by atoms with Crippen molar-refractivity contribution in [3.05, 3.63) is 0 Å². The highest BCUT2D eigenvalue weighted by molar-refractivity contribution is 7.89. The molecule has 16 heavy (non-hydrogen) atoms. The highest BCUT2D eigenvalue weighted by atomic mass is 32.2. The summed E-state index contributed by atoms with van der Waals surface area (Å²) in [6, 6.07) is 0. The molecular formula is C12H23NO2S. The molecule has 3 nitrogen and oxygen atoms in total. The van der Waals surface area contributed by atoms with Gasteiger partial charge in [0.2, 0.25) is 10.0 Å². The van der Waals surface area contributed by atoms with Crippen LogP contribution in [0.4, 0.5) is 0 Å². The van der Waals surface area contributed by atoms with Crippen LogP contribution >= 0.6 is 0 Å². The smallest absolute Gasteiger partial charge is 0.212 e. The van der Waals surface area contributed by atoms with E-state index in [2.05, 4.69) is 13.8 Å². The SMILES string of the molecule is CCCC1CCN(S(=O)(=O)CC2(C)CC2)C1. The van der Waals surface area contributed by atoms with Gasteiger partial charge in [-0.1, -0.05) is 20.3 Å². The molecule has 1 atom stereocenters. The third-order valence-corrected chi connectivity index (χ3v) is 6.15. The van der Waals surface area contributed by atoms with Crippen molar-refractivity contribution < 1.29 is 8.42 Å². The van der Waals surface area contributed by atoms with Crippen molar-refractivity contribution >= 4 is 10.0 Å². The van der Waals surface area contributed by atoms with Crippen LogP contribution in [0.2, 0.25) is 0 Å². The van der Waals surface area contributed by atoms with Gasteiger partial charge in [0, 0.05) is 13.1 Å². The monoisotopic (exact) mass is 245 g/mol. The van der Waals surface area contributed by atoms with Crippen molar-refractivity contribution in [2.45, 2.75) is 46.0 Å². The van der Waals surface area contributed by atoms with Gasteiger partial charge >= 0.3 is 0 Å². The average Bonchev–Trinajstić information content (AvgIpc) is 2.73. The first kappa shape index (κ1) is 12.4. The van der Waals surface area contributed by atoms with Gasteiger partial charge in [0.1, 0.15) is 0 Å². The summed E-state index contributed by atoms with van der Waals surface area (Å²) in [4.78, 5) is 0. The Morgan fingerprint density at radius 3 is 2.62 bits per heavy atom. The van der Waals surface area contributed by atoms with Gasteiger partial charge in [-0.15, -0.1) is 0 Å². The third kappa shape index (κ3) is 2.77. The zero-order valence-corrected chi connectivity index (χ0v) is 11.2. The fourth-order valence-corrected chi connectivity index (χ4v) is 4.76. The Balaban J connectivity index is 1.92. The van der Waals surface area contributed by atoms with Crippen molar-refractivity contribution in [2.24, 2.45) is 11.3 Å². The molecule has 0 spiro atoms. The Morgan fingerprint density at radius 1 is 1.38 bits per heavy atom. The molecule has 0 amide bonds. The minimum atomic E-state index is -2.97. The number of nitrogens with zero attached hydrogens (tertiary/aromatic N) is 1. The number of hydrogen-bond donors (Lipinski definition) is 0. The first-order chi connectivity index (χ1) is 7.45. The lowest BCUT2D eigenvalue weighted by molar-refractivity contribution is 0.437. The maximum atomic E-state index is 12.2. The second-order valence-electron chi connectivity index (χ2n) is 5.87. The Bertz CT molecular complexity index is 346. The summed E-state index contributed by atoms with van der Waals surface area (Å²) >= 11 is 0. The highest BCUT2D eigenvalue weighted by Gasteiger charge is 2.44. The van der Waals surface area contributed by atoms with Crippen molar-refractivity contribution in [1.82, 2.24) is 4.31 Å². The molecule has 1 unspecified atom stereocenters. The molecule has 0 aromatic carbocycles. The van der Waals surface area contributed by atoms with Gasteiger partial charge in [-0.2, -0.15) is 0 Å². The van der Waals surface area contributed by atoms with Crippen molar-refractivity contribution in [3.8, 4) is 0 Å². The quantitative estimate of drug-likeness (QED) is 0.745. The zero-order chi connectivity index (χ0) is 11.8. The number of rotatable bonds is 5. The molecule has 1 saturated heterocycles. The third-order valence-electron chi connectivity index (χ3n) is 3.97. The minimum Gasteiger partial charge on any atom is -0.212 e. The fraction of sp³-hybridized carbons (Fsp3) is 1.00. The Morgan fingerprint density at radius 2 is 2.06 bits per heavy atom. The van der Waals surface area contributed by atoms with Gasteiger partial charge in [0.25, 0.3) is 0 Å². The molecular weight excluding hydrogens is 222 g/mol. The van der Waals surface area contributed by atoms with Crippen molar-refractivity contribution in [1.29, 1.82) is 0 Å². The van der Waals surface area contributed by atoms with Crippen molar-refractivity contribution in [3.63, 3.8) is 0 Å². The zero-order valence-electron chi connectivity index (χ0n) is 10.4. The maximum absolute atomic E-state index is 12.2. The van der Waals surface area contributed by atoms with Gasteiger partial charge in [-0.25, -0.2) is 12.7 Å². The van der Waals surface area contributed by atoms with Crippen LogP contribution in [0.5, 0.6) is 0 Å². The summed E-state index contributed by atoms with van der Waals surface area (Å²) in [5, 5.41) is 0. The second kappa shape index (κ2) is 4.30. The predicted molar refractivity (Wildman–Crippen MR) is 65.7 cm³/mol. The summed E-state index contributed by atoms with van der Waals surface area (Å²) in [5.74, 6) is 0.977. The van der Waals surface area contributed by atoms with Crippen LogP contribution in [0.15, 0.2) is 0 Å². The fourth-order valence-electron chi connectivity index (χ4n) is 2.58. The topological polar surface area (TPSA) is 37.4 Å². The van der Waals surface area contributed by atoms with Crippen LogP contribution < -0.4 is 0 Å². The lowest BCUT2D eigenvalue weighted by Crippen LogP contribution is -2.33. The van der Waals surface area contributed by atoms with E-state index < -0.39 is 10.0 Å². The van der Waals surface area contributed by atoms with Gasteiger partial charge in [-0.3, -0.25) is 0 Å². The highest BCUT2D eigenvalue weighted by Crippen LogP contribution is 2.46. The molecule has 2 aliphatic rings. The largest absolute Gasteiger partial charge is 0.214 e. The van der Waals surface area contributed by atoms with E-state index in [0.717, 1.165) is 38.8 Å². The predicted octanol–water partition coefficient (Wildman–Crippen LogP) is 2.24. The van der Waals surface area contributed by atoms with Crippen LogP contribution in [0.1, 0.15) is 46.0 Å². The van der Waals surface area contributed by atoms with E-state index in [0.29, 0.717) is 11.7 Å². The molecule has 1 aliphatic heterocycles. The first-order valence-electron chi connectivity index (χ1n) is 6.43. The Kier molecular flexibility index (Phi) is 3.32. The Labute approximate surface area is 99.3 Å². The molecule has 0 aromatic rings. The number of hydrogen-bond acceptors (Lipinski definition) is 2. The van der Waals surface area contributed by atoms with E-state index in [9.17, 15) is 8.42 Å². The van der Waals surface area contributed by atoms with Crippen LogP contribution in [0.25, 0.3) is 0 Å². The molecule has 1 saturated carbocycles. The summed E-state index contributed by atoms with van der Waals surface area (Å²) < 4.78 is 26.1. The van der Waals surface area contributed by atoms with Crippen LogP contribution in [-0.4, -0.2) is 31.6 Å². The lowest BCUT2D eigenvalue weighted by Gasteiger charge is -2.19. The summed E-state index contributed by atoms with van der Waals surface area (Å²) in [7, 11) is -2.97. The van der Waals surface area contributed by atoms with Gasteiger partial charge in [0.15, 0.2) is 0 Å². The average molecular weight is 245 g/mol. The molecule has 1 heterocycles. The van der Waals surface area contributed by atoms with Gasteiger partial charge in [0.05, 0.1) is 5.75 Å². The van der Waals surface area contributed by atoms with Gasteiger partial charge < -0.3 is 0 Å². The second-order valence-corrected chi connectivity index (χ2v) is 7.84. The van der Waals surface area contributed by atoms with Crippen LogP contribution in [0.3, 0.4) is 0 Å². The molecule has 94 valence electrons.